The third kappa shape index (κ3) is 2.98. The fourth-order valence-corrected chi connectivity index (χ4v) is 9.34. The van der Waals surface area contributed by atoms with E-state index in [1.54, 1.807) is 0 Å². The molecule has 0 spiro atoms. The first-order chi connectivity index (χ1) is 14.5. The van der Waals surface area contributed by atoms with Gasteiger partial charge in [-0.25, -0.2) is 0 Å². The lowest BCUT2D eigenvalue weighted by Gasteiger charge is -2.66. The van der Waals surface area contributed by atoms with E-state index in [0.717, 1.165) is 38.1 Å². The van der Waals surface area contributed by atoms with Crippen LogP contribution in [-0.4, -0.2) is 42.4 Å². The number of alkyl halides is 1. The normalized spacial score (nSPS) is 46.2. The number of rotatable bonds is 5. The molecule has 30 heavy (non-hydrogen) atoms. The topological polar surface area (TPSA) is 32.3 Å². The van der Waals surface area contributed by atoms with Gasteiger partial charge < -0.3 is 10.2 Å². The summed E-state index contributed by atoms with van der Waals surface area (Å²) in [5.41, 5.74) is 1.70. The van der Waals surface area contributed by atoms with Crippen molar-refractivity contribution in [1.29, 1.82) is 0 Å². The summed E-state index contributed by atoms with van der Waals surface area (Å²) in [6, 6.07) is 11.5. The Bertz CT molecular complexity index is 822. The highest BCUT2D eigenvalue weighted by Gasteiger charge is 2.65. The van der Waals surface area contributed by atoms with Crippen molar-refractivity contribution in [3.8, 4) is 0 Å². The van der Waals surface area contributed by atoms with Crippen LogP contribution < -0.4 is 5.32 Å². The van der Waals surface area contributed by atoms with E-state index >= 15 is 0 Å². The predicted molar refractivity (Wildman–Crippen MR) is 121 cm³/mol. The molecule has 1 amide bonds. The fraction of sp³-hybridized carbons (Fsp3) is 0.731. The zero-order valence-electron chi connectivity index (χ0n) is 18.0. The van der Waals surface area contributed by atoms with Gasteiger partial charge in [0, 0.05) is 18.5 Å². The molecular weight excluding hydrogens is 392 g/mol. The van der Waals surface area contributed by atoms with Gasteiger partial charge in [-0.2, -0.15) is 0 Å². The first kappa shape index (κ1) is 19.6. The van der Waals surface area contributed by atoms with Crippen molar-refractivity contribution < 1.29 is 4.79 Å². The number of benzene rings is 1. The Morgan fingerprint density at radius 2 is 1.87 bits per heavy atom. The number of hydrogen-bond donors (Lipinski definition) is 1. The smallest absolute Gasteiger partial charge is 0.226 e. The van der Waals surface area contributed by atoms with Gasteiger partial charge in [-0.15, -0.1) is 11.6 Å². The van der Waals surface area contributed by atoms with Crippen molar-refractivity contribution >= 4 is 17.5 Å². The highest BCUT2D eigenvalue weighted by Crippen LogP contribution is 2.71. The first-order valence-corrected chi connectivity index (χ1v) is 12.7. The molecule has 0 aromatic heterocycles. The predicted octanol–water partition coefficient (Wildman–Crippen LogP) is 4.73. The van der Waals surface area contributed by atoms with Crippen LogP contribution in [0.1, 0.15) is 63.4 Å². The van der Waals surface area contributed by atoms with E-state index in [0.29, 0.717) is 23.8 Å². The minimum atomic E-state index is -0.187. The van der Waals surface area contributed by atoms with E-state index in [4.69, 9.17) is 11.6 Å². The van der Waals surface area contributed by atoms with Crippen molar-refractivity contribution in [3.63, 3.8) is 0 Å². The molecule has 5 atom stereocenters. The number of nitrogens with one attached hydrogen (secondary N) is 1. The van der Waals surface area contributed by atoms with E-state index in [-0.39, 0.29) is 16.2 Å². The summed E-state index contributed by atoms with van der Waals surface area (Å²) in [6.07, 6.45) is 10.5. The number of carbonyl (C=O) groups is 1. The van der Waals surface area contributed by atoms with E-state index in [1.807, 2.05) is 0 Å². The zero-order valence-corrected chi connectivity index (χ0v) is 18.8. The summed E-state index contributed by atoms with van der Waals surface area (Å²) in [7, 11) is 0. The molecule has 0 radical (unpaired) electrons. The van der Waals surface area contributed by atoms with Crippen LogP contribution >= 0.6 is 11.6 Å². The molecule has 3 aliphatic heterocycles. The SMILES string of the molecule is O=C(N[C@@H]1CN2CCC1CC2)C12CC3C[C@](CCCl)(C1)C[C@@](c1ccccc1)(C3)C2. The van der Waals surface area contributed by atoms with Crippen molar-refractivity contribution in [2.24, 2.45) is 22.7 Å². The molecule has 3 saturated heterocycles. The van der Waals surface area contributed by atoms with E-state index in [2.05, 4.69) is 40.5 Å². The minimum Gasteiger partial charge on any atom is -0.351 e. The number of hydrogen-bond acceptors (Lipinski definition) is 2. The van der Waals surface area contributed by atoms with Gasteiger partial charge in [0.1, 0.15) is 0 Å². The van der Waals surface area contributed by atoms with Crippen molar-refractivity contribution in [3.05, 3.63) is 35.9 Å². The number of fused-ring (bicyclic) bond motifs is 3. The Kier molecular flexibility index (Phi) is 4.56. The summed E-state index contributed by atoms with van der Waals surface area (Å²) in [6.45, 7) is 3.51. The quantitative estimate of drug-likeness (QED) is 0.690. The van der Waals surface area contributed by atoms with Crippen LogP contribution in [0.4, 0.5) is 0 Å². The molecular formula is C26H35ClN2O. The van der Waals surface area contributed by atoms with Gasteiger partial charge in [0.25, 0.3) is 0 Å². The number of amides is 1. The third-order valence-electron chi connectivity index (χ3n) is 9.65. The maximum atomic E-state index is 14.0. The van der Waals surface area contributed by atoms with Gasteiger partial charge in [-0.05, 0) is 99.1 Å². The summed E-state index contributed by atoms with van der Waals surface area (Å²) >= 11 is 6.35. The Hall–Kier alpha value is -1.06. The lowest BCUT2D eigenvalue weighted by molar-refractivity contribution is -0.164. The van der Waals surface area contributed by atoms with Crippen LogP contribution in [0, 0.1) is 22.7 Å². The van der Waals surface area contributed by atoms with Crippen LogP contribution in [0.5, 0.6) is 0 Å². The highest BCUT2D eigenvalue weighted by atomic mass is 35.5. The molecule has 2 unspecified atom stereocenters. The molecule has 1 aromatic rings. The molecule has 1 aromatic carbocycles. The number of nitrogens with zero attached hydrogens (tertiary/aromatic N) is 1. The summed E-state index contributed by atoms with van der Waals surface area (Å²) in [4.78, 5) is 16.5. The molecule has 8 rings (SSSR count). The second-order valence-electron chi connectivity index (χ2n) is 11.6. The third-order valence-corrected chi connectivity index (χ3v) is 9.84. The average molecular weight is 427 g/mol. The summed E-state index contributed by atoms with van der Waals surface area (Å²) in [5, 5.41) is 3.62. The largest absolute Gasteiger partial charge is 0.351 e. The van der Waals surface area contributed by atoms with Gasteiger partial charge >= 0.3 is 0 Å². The standard InChI is InChI=1S/C26H35ClN2O/c27-9-8-24-12-19-13-25(16-24,21-4-2-1-3-5-21)18-26(14-19,17-24)23(30)28-22-15-29-10-6-20(22)7-11-29/h1-5,19-20,22H,6-18H2,(H,28,30)/t19?,22-,24+,25+,26?/m1/s1. The van der Waals surface area contributed by atoms with Gasteiger partial charge in [0.15, 0.2) is 0 Å². The first-order valence-electron chi connectivity index (χ1n) is 12.2. The molecule has 4 saturated carbocycles. The maximum Gasteiger partial charge on any atom is 0.226 e. The lowest BCUT2D eigenvalue weighted by atomic mass is 9.38. The fourth-order valence-electron chi connectivity index (χ4n) is 8.93. The van der Waals surface area contributed by atoms with Crippen LogP contribution in [-0.2, 0) is 10.2 Å². The van der Waals surface area contributed by atoms with Gasteiger partial charge in [0.2, 0.25) is 5.91 Å². The molecule has 162 valence electrons. The average Bonchev–Trinajstić information content (AvgIpc) is 2.74. The number of halogens is 1. The van der Waals surface area contributed by atoms with Crippen molar-refractivity contribution in [2.75, 3.05) is 25.5 Å². The van der Waals surface area contributed by atoms with E-state index < -0.39 is 0 Å². The van der Waals surface area contributed by atoms with Crippen LogP contribution in [0.3, 0.4) is 0 Å². The Labute approximate surface area is 185 Å². The van der Waals surface area contributed by atoms with Crippen LogP contribution in [0.15, 0.2) is 30.3 Å². The Morgan fingerprint density at radius 3 is 2.57 bits per heavy atom. The lowest BCUT2D eigenvalue weighted by Crippen LogP contribution is -2.65. The van der Waals surface area contributed by atoms with Crippen LogP contribution in [0.25, 0.3) is 0 Å². The maximum absolute atomic E-state index is 14.0. The molecule has 7 aliphatic rings. The number of piperidine rings is 3. The van der Waals surface area contributed by atoms with E-state index in [1.165, 1.54) is 50.8 Å². The molecule has 4 aliphatic carbocycles. The van der Waals surface area contributed by atoms with Crippen molar-refractivity contribution in [2.45, 2.75) is 69.2 Å². The van der Waals surface area contributed by atoms with Gasteiger partial charge in [0.05, 0.1) is 5.41 Å². The summed E-state index contributed by atoms with van der Waals surface area (Å²) in [5.74, 6) is 2.45. The number of carbonyl (C=O) groups excluding carboxylic acids is 1. The molecule has 1 N–H and O–H groups in total. The highest BCUT2D eigenvalue weighted by molar-refractivity contribution is 6.17. The Morgan fingerprint density at radius 1 is 1.07 bits per heavy atom. The molecule has 7 fully saturated rings. The Balaban J connectivity index is 1.33. The van der Waals surface area contributed by atoms with Gasteiger partial charge in [-0.1, -0.05) is 30.3 Å². The van der Waals surface area contributed by atoms with Crippen molar-refractivity contribution in [1.82, 2.24) is 10.2 Å². The van der Waals surface area contributed by atoms with Gasteiger partial charge in [-0.3, -0.25) is 4.79 Å². The molecule has 6 bridgehead atoms. The zero-order chi connectivity index (χ0) is 20.4. The molecule has 3 heterocycles. The van der Waals surface area contributed by atoms with E-state index in [9.17, 15) is 4.79 Å². The second-order valence-corrected chi connectivity index (χ2v) is 12.0. The molecule has 4 heteroatoms. The van der Waals surface area contributed by atoms with Crippen LogP contribution in [0.2, 0.25) is 0 Å². The second kappa shape index (κ2) is 6.97. The molecule has 3 nitrogen and oxygen atoms in total. The minimum absolute atomic E-state index is 0.166. The monoisotopic (exact) mass is 426 g/mol. The summed E-state index contributed by atoms with van der Waals surface area (Å²) < 4.78 is 0.